The summed E-state index contributed by atoms with van der Waals surface area (Å²) in [5.41, 5.74) is 1.07. The van der Waals surface area contributed by atoms with E-state index in [9.17, 15) is 5.11 Å². The fourth-order valence-electron chi connectivity index (χ4n) is 1.46. The zero-order valence-electron chi connectivity index (χ0n) is 9.66. The molecule has 0 amide bonds. The molecule has 0 saturated heterocycles. The summed E-state index contributed by atoms with van der Waals surface area (Å²) in [6, 6.07) is 0. The van der Waals surface area contributed by atoms with E-state index in [1.807, 2.05) is 12.3 Å². The number of nitrogens with zero attached hydrogens (tertiary/aromatic N) is 1. The predicted molar refractivity (Wildman–Crippen MR) is 64.0 cm³/mol. The van der Waals surface area contributed by atoms with Crippen LogP contribution in [0, 0.1) is 12.8 Å². The van der Waals surface area contributed by atoms with Crippen LogP contribution in [0.1, 0.15) is 31.0 Å². The quantitative estimate of drug-likeness (QED) is 0.782. The van der Waals surface area contributed by atoms with Gasteiger partial charge in [-0.3, -0.25) is 0 Å². The topological polar surface area (TPSA) is 45.1 Å². The van der Waals surface area contributed by atoms with Crippen molar-refractivity contribution >= 4 is 11.3 Å². The van der Waals surface area contributed by atoms with Crippen LogP contribution in [0.2, 0.25) is 0 Å². The Morgan fingerprint density at radius 2 is 2.27 bits per heavy atom. The maximum atomic E-state index is 9.62. The van der Waals surface area contributed by atoms with Crippen molar-refractivity contribution in [3.05, 3.63) is 16.1 Å². The van der Waals surface area contributed by atoms with E-state index in [2.05, 4.69) is 24.1 Å². The van der Waals surface area contributed by atoms with Crippen molar-refractivity contribution < 1.29 is 5.11 Å². The van der Waals surface area contributed by atoms with Gasteiger partial charge in [-0.1, -0.05) is 13.8 Å². The second-order valence-electron chi connectivity index (χ2n) is 4.30. The van der Waals surface area contributed by atoms with E-state index >= 15 is 0 Å². The molecule has 1 rings (SSSR count). The molecule has 1 heterocycles. The second-order valence-corrected chi connectivity index (χ2v) is 5.24. The Morgan fingerprint density at radius 1 is 1.53 bits per heavy atom. The zero-order chi connectivity index (χ0) is 11.3. The van der Waals surface area contributed by atoms with Crippen LogP contribution in [-0.2, 0) is 6.54 Å². The summed E-state index contributed by atoms with van der Waals surface area (Å²) in [5.74, 6) is 0.545. The minimum Gasteiger partial charge on any atom is -0.392 e. The van der Waals surface area contributed by atoms with Crippen LogP contribution in [0.4, 0.5) is 0 Å². The Morgan fingerprint density at radius 3 is 2.80 bits per heavy atom. The van der Waals surface area contributed by atoms with E-state index in [0.29, 0.717) is 12.5 Å². The van der Waals surface area contributed by atoms with Crippen molar-refractivity contribution in [1.82, 2.24) is 10.3 Å². The Balaban J connectivity index is 2.16. The van der Waals surface area contributed by atoms with Gasteiger partial charge in [0.25, 0.3) is 0 Å². The lowest BCUT2D eigenvalue weighted by Gasteiger charge is -2.12. The highest BCUT2D eigenvalue weighted by atomic mass is 32.1. The lowest BCUT2D eigenvalue weighted by atomic mass is 10.1. The number of hydrogen-bond donors (Lipinski definition) is 2. The largest absolute Gasteiger partial charge is 0.392 e. The van der Waals surface area contributed by atoms with E-state index in [-0.39, 0.29) is 6.10 Å². The first kappa shape index (κ1) is 12.6. The van der Waals surface area contributed by atoms with Crippen LogP contribution >= 0.6 is 11.3 Å². The smallest absolute Gasteiger partial charge is 0.107 e. The summed E-state index contributed by atoms with van der Waals surface area (Å²) < 4.78 is 0. The van der Waals surface area contributed by atoms with Crippen molar-refractivity contribution in [1.29, 1.82) is 0 Å². The number of aromatic nitrogens is 1. The van der Waals surface area contributed by atoms with Gasteiger partial charge < -0.3 is 10.4 Å². The normalized spacial score (nSPS) is 13.4. The number of thiazole rings is 1. The van der Waals surface area contributed by atoms with E-state index in [0.717, 1.165) is 23.7 Å². The molecule has 1 aromatic heterocycles. The zero-order valence-corrected chi connectivity index (χ0v) is 10.5. The molecule has 1 unspecified atom stereocenters. The summed E-state index contributed by atoms with van der Waals surface area (Å²) >= 11 is 1.66. The molecule has 0 aliphatic carbocycles. The van der Waals surface area contributed by atoms with Crippen molar-refractivity contribution in [3.63, 3.8) is 0 Å². The molecule has 1 atom stereocenters. The lowest BCUT2D eigenvalue weighted by molar-refractivity contribution is 0.146. The minimum absolute atomic E-state index is 0.244. The first-order valence-corrected chi connectivity index (χ1v) is 6.25. The molecule has 3 nitrogen and oxygen atoms in total. The van der Waals surface area contributed by atoms with Crippen molar-refractivity contribution in [3.8, 4) is 0 Å². The number of nitrogens with one attached hydrogen (secondary N) is 1. The number of hydrogen-bond acceptors (Lipinski definition) is 4. The van der Waals surface area contributed by atoms with E-state index in [1.165, 1.54) is 0 Å². The first-order chi connectivity index (χ1) is 7.08. The molecule has 0 fully saturated rings. The summed E-state index contributed by atoms with van der Waals surface area (Å²) in [6.45, 7) is 7.64. The van der Waals surface area contributed by atoms with Gasteiger partial charge in [-0.2, -0.15) is 0 Å². The highest BCUT2D eigenvalue weighted by molar-refractivity contribution is 7.09. The van der Waals surface area contributed by atoms with Gasteiger partial charge >= 0.3 is 0 Å². The summed E-state index contributed by atoms with van der Waals surface area (Å²) in [6.07, 6.45) is 0.607. The number of aryl methyl sites for hydroxylation is 1. The lowest BCUT2D eigenvalue weighted by Crippen LogP contribution is -2.27. The summed E-state index contributed by atoms with van der Waals surface area (Å²) in [7, 11) is 0. The third-order valence-corrected chi connectivity index (χ3v) is 3.03. The third-order valence-electron chi connectivity index (χ3n) is 2.07. The molecule has 0 aliphatic heterocycles. The van der Waals surface area contributed by atoms with E-state index in [4.69, 9.17) is 0 Å². The summed E-state index contributed by atoms with van der Waals surface area (Å²) in [4.78, 5) is 4.34. The molecule has 0 spiro atoms. The second kappa shape index (κ2) is 6.20. The monoisotopic (exact) mass is 228 g/mol. The maximum Gasteiger partial charge on any atom is 0.107 e. The molecule has 0 bridgehead atoms. The summed E-state index contributed by atoms with van der Waals surface area (Å²) in [5, 5.41) is 16.0. The minimum atomic E-state index is -0.244. The van der Waals surface area contributed by atoms with Gasteiger partial charge in [0.1, 0.15) is 5.01 Å². The standard InChI is InChI=1S/C11H20N2OS/c1-8(2)4-10(14)5-12-6-11-13-9(3)7-15-11/h7-8,10,12,14H,4-6H2,1-3H3. The van der Waals surface area contributed by atoms with E-state index in [1.54, 1.807) is 11.3 Å². The van der Waals surface area contributed by atoms with Gasteiger partial charge in [0.2, 0.25) is 0 Å². The van der Waals surface area contributed by atoms with Crippen molar-refractivity contribution in [2.24, 2.45) is 5.92 Å². The highest BCUT2D eigenvalue weighted by Crippen LogP contribution is 2.08. The van der Waals surface area contributed by atoms with Crippen LogP contribution in [0.25, 0.3) is 0 Å². The fourth-order valence-corrected chi connectivity index (χ4v) is 2.20. The van der Waals surface area contributed by atoms with Crippen molar-refractivity contribution in [2.45, 2.75) is 39.8 Å². The van der Waals surface area contributed by atoms with Crippen LogP contribution in [0.5, 0.6) is 0 Å². The third kappa shape index (κ3) is 5.25. The molecule has 4 heteroatoms. The maximum absolute atomic E-state index is 9.62. The van der Waals surface area contributed by atoms with Gasteiger partial charge in [0, 0.05) is 24.2 Å². The number of aliphatic hydroxyl groups excluding tert-OH is 1. The number of aliphatic hydroxyl groups is 1. The average Bonchev–Trinajstić information content (AvgIpc) is 2.50. The molecule has 0 aromatic carbocycles. The Labute approximate surface area is 95.6 Å². The molecular formula is C11H20N2OS. The Bertz CT molecular complexity index is 286. The first-order valence-electron chi connectivity index (χ1n) is 5.37. The van der Waals surface area contributed by atoms with Gasteiger partial charge in [-0.15, -0.1) is 11.3 Å². The van der Waals surface area contributed by atoms with Crippen LogP contribution in [0.15, 0.2) is 5.38 Å². The highest BCUT2D eigenvalue weighted by Gasteiger charge is 2.06. The molecule has 0 saturated carbocycles. The molecule has 0 radical (unpaired) electrons. The number of rotatable bonds is 6. The molecule has 2 N–H and O–H groups in total. The van der Waals surface area contributed by atoms with Crippen LogP contribution in [-0.4, -0.2) is 22.7 Å². The molecule has 86 valence electrons. The Kier molecular flexibility index (Phi) is 5.22. The van der Waals surface area contributed by atoms with Crippen LogP contribution < -0.4 is 5.32 Å². The SMILES string of the molecule is Cc1csc(CNCC(O)CC(C)C)n1. The molecule has 15 heavy (non-hydrogen) atoms. The van der Waals surface area contributed by atoms with Gasteiger partial charge in [-0.05, 0) is 19.3 Å². The van der Waals surface area contributed by atoms with Crippen molar-refractivity contribution in [2.75, 3.05) is 6.54 Å². The van der Waals surface area contributed by atoms with Gasteiger partial charge in [0.15, 0.2) is 0 Å². The van der Waals surface area contributed by atoms with E-state index < -0.39 is 0 Å². The predicted octanol–water partition coefficient (Wildman–Crippen LogP) is 1.95. The fraction of sp³-hybridized carbons (Fsp3) is 0.727. The van der Waals surface area contributed by atoms with Gasteiger partial charge in [-0.25, -0.2) is 4.98 Å². The molecule has 0 aliphatic rings. The average molecular weight is 228 g/mol. The molecule has 1 aromatic rings. The van der Waals surface area contributed by atoms with Crippen LogP contribution in [0.3, 0.4) is 0 Å². The Hall–Kier alpha value is -0.450. The van der Waals surface area contributed by atoms with Gasteiger partial charge in [0.05, 0.1) is 6.10 Å². The molecular weight excluding hydrogens is 208 g/mol.